The molecule has 0 aliphatic rings. The average molecular weight is 411 g/mol. The monoisotopic (exact) mass is 412 g/mol. The second-order valence-electron chi connectivity index (χ2n) is 3.78. The van der Waals surface area contributed by atoms with E-state index in [0.717, 1.165) is 18.7 Å². The van der Waals surface area contributed by atoms with Crippen LogP contribution in [0.3, 0.4) is 0 Å². The molecule has 0 spiro atoms. The van der Waals surface area contributed by atoms with Gasteiger partial charge in [-0.05, 0) is 0 Å². The molecule has 17 heavy (non-hydrogen) atoms. The van der Waals surface area contributed by atoms with E-state index in [4.69, 9.17) is 0 Å². The van der Waals surface area contributed by atoms with Crippen LogP contribution in [-0.2, 0) is 0 Å². The first kappa shape index (κ1) is 14.0. The Balaban J connectivity index is 2.03. The van der Waals surface area contributed by atoms with Gasteiger partial charge in [0, 0.05) is 0 Å². The van der Waals surface area contributed by atoms with Crippen LogP contribution in [-0.4, -0.2) is 36.0 Å². The normalized spacial score (nSPS) is 12.0. The predicted molar refractivity (Wildman–Crippen MR) is 78.5 cm³/mol. The third-order valence-electron chi connectivity index (χ3n) is 1.68. The van der Waals surface area contributed by atoms with E-state index in [-0.39, 0.29) is 0 Å². The van der Waals surface area contributed by atoms with Crippen LogP contribution >= 0.6 is 40.6 Å². The summed E-state index contributed by atoms with van der Waals surface area (Å²) in [5.41, 5.74) is 0. The summed E-state index contributed by atoms with van der Waals surface area (Å²) in [6.45, 7) is 3.98. The second-order valence-corrected chi connectivity index (χ2v) is 34.8. The topological polar surface area (TPSA) is 51.6 Å². The van der Waals surface area contributed by atoms with E-state index in [9.17, 15) is 0 Å². The standard InChI is InChI=1S/2C3H4N2S2.2CH3.Sn/c2*1-2-4-5-3(6)7-2;;;/h2*1H3,(H,5,6);2*1H3;/q;;;;+2/p-2. The van der Waals surface area contributed by atoms with Crippen molar-refractivity contribution in [2.75, 3.05) is 0 Å². The third-order valence-corrected chi connectivity index (χ3v) is 23.1. The Kier molecular flexibility index (Phi) is 4.72. The predicted octanol–water partition coefficient (Wildman–Crippen LogP) is 3.59. The maximum atomic E-state index is 4.19. The molecule has 4 nitrogen and oxygen atoms in total. The van der Waals surface area contributed by atoms with Crippen molar-refractivity contribution >= 4 is 56.2 Å². The zero-order valence-electron chi connectivity index (χ0n) is 9.92. The summed E-state index contributed by atoms with van der Waals surface area (Å²) >= 11 is 1.08. The Morgan fingerprint density at radius 3 is 1.53 bits per heavy atom. The number of nitrogens with zero attached hydrogens (tertiary/aromatic N) is 4. The second kappa shape index (κ2) is 5.72. The fourth-order valence-electron chi connectivity index (χ4n) is 1.08. The van der Waals surface area contributed by atoms with Crippen LogP contribution in [0.4, 0.5) is 0 Å². The zero-order valence-corrected chi connectivity index (χ0v) is 16.0. The molecule has 2 aromatic heterocycles. The quantitative estimate of drug-likeness (QED) is 0.717. The van der Waals surface area contributed by atoms with Crippen LogP contribution in [0.1, 0.15) is 10.0 Å². The van der Waals surface area contributed by atoms with Crippen molar-refractivity contribution in [1.29, 1.82) is 0 Å². The number of aryl methyl sites for hydroxylation is 2. The molecule has 0 bridgehead atoms. The SMILES string of the molecule is Cc1nnc([S][Sn]([CH3])([CH3])[S]c2nnc(C)s2)s1. The molecule has 0 atom stereocenters. The van der Waals surface area contributed by atoms with Gasteiger partial charge in [-0.15, -0.1) is 0 Å². The van der Waals surface area contributed by atoms with Gasteiger partial charge in [-0.25, -0.2) is 0 Å². The maximum absolute atomic E-state index is 4.19. The van der Waals surface area contributed by atoms with Gasteiger partial charge in [0.15, 0.2) is 0 Å². The molecule has 0 saturated heterocycles. The fourth-order valence-corrected chi connectivity index (χ4v) is 28.9. The Bertz CT molecular complexity index is 465. The summed E-state index contributed by atoms with van der Waals surface area (Å²) < 4.78 is 2.19. The Hall–Kier alpha value is 0.619. The van der Waals surface area contributed by atoms with Gasteiger partial charge in [0.05, 0.1) is 0 Å². The van der Waals surface area contributed by atoms with Crippen molar-refractivity contribution in [3.05, 3.63) is 10.0 Å². The minimum atomic E-state index is -2.27. The molecule has 0 radical (unpaired) electrons. The van der Waals surface area contributed by atoms with E-state index in [1.807, 2.05) is 31.7 Å². The van der Waals surface area contributed by atoms with Crippen molar-refractivity contribution in [2.24, 2.45) is 0 Å². The number of hydrogen-bond donors (Lipinski definition) is 0. The molecule has 2 rings (SSSR count). The van der Waals surface area contributed by atoms with Crippen LogP contribution < -0.4 is 0 Å². The van der Waals surface area contributed by atoms with Gasteiger partial charge in [-0.1, -0.05) is 0 Å². The van der Waals surface area contributed by atoms with Crippen molar-refractivity contribution < 1.29 is 0 Å². The zero-order chi connectivity index (χ0) is 12.5. The van der Waals surface area contributed by atoms with Gasteiger partial charge in [0.2, 0.25) is 0 Å². The van der Waals surface area contributed by atoms with Crippen LogP contribution in [0.2, 0.25) is 9.88 Å². The molecule has 0 saturated carbocycles. The summed E-state index contributed by atoms with van der Waals surface area (Å²) in [7, 11) is 3.86. The van der Waals surface area contributed by atoms with Gasteiger partial charge in [0.25, 0.3) is 0 Å². The molecule has 0 aromatic carbocycles. The molecule has 0 amide bonds. The van der Waals surface area contributed by atoms with Crippen LogP contribution in [0.25, 0.3) is 0 Å². The van der Waals surface area contributed by atoms with E-state index in [1.54, 1.807) is 22.7 Å². The first-order chi connectivity index (χ1) is 7.94. The molecule has 0 unspecified atom stereocenters. The molecule has 92 valence electrons. The summed E-state index contributed by atoms with van der Waals surface area (Å²) in [4.78, 5) is 4.74. The molecule has 2 aromatic rings. The Labute approximate surface area is 118 Å². The van der Waals surface area contributed by atoms with E-state index in [2.05, 4.69) is 30.3 Å². The van der Waals surface area contributed by atoms with E-state index in [0.29, 0.717) is 0 Å². The van der Waals surface area contributed by atoms with Crippen LogP contribution in [0.15, 0.2) is 8.68 Å². The first-order valence-electron chi connectivity index (χ1n) is 4.93. The third kappa shape index (κ3) is 4.34. The summed E-state index contributed by atoms with van der Waals surface area (Å²) in [6, 6.07) is 0. The van der Waals surface area contributed by atoms with Gasteiger partial charge in [0.1, 0.15) is 0 Å². The molecule has 0 N–H and O–H groups in total. The van der Waals surface area contributed by atoms with Crippen molar-refractivity contribution in [3.63, 3.8) is 0 Å². The summed E-state index contributed by atoms with van der Waals surface area (Å²) in [6.07, 6.45) is 0. The minimum absolute atomic E-state index is 1.03. The van der Waals surface area contributed by atoms with Crippen molar-refractivity contribution in [2.45, 2.75) is 32.4 Å². The molecule has 0 fully saturated rings. The molecular weight excluding hydrogens is 399 g/mol. The number of hydrogen-bond acceptors (Lipinski definition) is 8. The van der Waals surface area contributed by atoms with E-state index >= 15 is 0 Å². The fraction of sp³-hybridized carbons (Fsp3) is 0.500. The van der Waals surface area contributed by atoms with Crippen molar-refractivity contribution in [3.8, 4) is 0 Å². The Morgan fingerprint density at radius 1 is 0.824 bits per heavy atom. The summed E-state index contributed by atoms with van der Waals surface area (Å²) in [5.74, 6) is 0. The number of aromatic nitrogens is 4. The Morgan fingerprint density at radius 2 is 1.24 bits per heavy atom. The van der Waals surface area contributed by atoms with Gasteiger partial charge in [-0.2, -0.15) is 0 Å². The summed E-state index contributed by atoms with van der Waals surface area (Å²) in [5, 5.41) is 18.6. The molecule has 9 heteroatoms. The van der Waals surface area contributed by atoms with Gasteiger partial charge in [-0.3, -0.25) is 0 Å². The average Bonchev–Trinajstić information content (AvgIpc) is 2.74. The molecule has 0 aliphatic carbocycles. The molecule has 2 heterocycles. The van der Waals surface area contributed by atoms with Crippen molar-refractivity contribution in [1.82, 2.24) is 20.4 Å². The number of rotatable bonds is 4. The molecular formula is C8H12N4S4Sn. The van der Waals surface area contributed by atoms with Crippen LogP contribution in [0.5, 0.6) is 0 Å². The van der Waals surface area contributed by atoms with E-state index in [1.165, 1.54) is 0 Å². The van der Waals surface area contributed by atoms with E-state index < -0.39 is 15.6 Å². The van der Waals surface area contributed by atoms with Gasteiger partial charge >= 0.3 is 119 Å². The molecule has 0 aliphatic heterocycles. The van der Waals surface area contributed by atoms with Gasteiger partial charge < -0.3 is 0 Å². The van der Waals surface area contributed by atoms with Crippen LogP contribution in [0, 0.1) is 13.8 Å². The first-order valence-corrected chi connectivity index (χ1v) is 20.9.